The first-order valence-electron chi connectivity index (χ1n) is 7.58. The molecule has 7 nitrogen and oxygen atoms in total. The first kappa shape index (κ1) is 21.4. The Labute approximate surface area is 159 Å². The van der Waals surface area contributed by atoms with E-state index in [1.165, 1.54) is 14.2 Å². The number of anilines is 1. The second kappa shape index (κ2) is 7.97. The number of carbonyl (C=O) groups excluding carboxylic acids is 1. The second-order valence-electron chi connectivity index (χ2n) is 5.34. The van der Waals surface area contributed by atoms with Gasteiger partial charge in [0.05, 0.1) is 43.0 Å². The van der Waals surface area contributed by atoms with E-state index < -0.39 is 32.6 Å². The first-order chi connectivity index (χ1) is 13.0. The summed E-state index contributed by atoms with van der Waals surface area (Å²) in [5, 5.41) is 0. The highest BCUT2D eigenvalue weighted by Crippen LogP contribution is 2.37. The number of nitrogens with one attached hydrogen (secondary N) is 1. The summed E-state index contributed by atoms with van der Waals surface area (Å²) in [6.07, 6.45) is -4.89. The quantitative estimate of drug-likeness (QED) is 0.723. The topological polar surface area (TPSA) is 90.9 Å². The zero-order valence-electron chi connectivity index (χ0n) is 15.0. The summed E-state index contributed by atoms with van der Waals surface area (Å²) in [5.41, 5.74) is -1.95. The fourth-order valence-electron chi connectivity index (χ4n) is 2.38. The third-order valence-electron chi connectivity index (χ3n) is 3.66. The van der Waals surface area contributed by atoms with Gasteiger partial charge in [-0.1, -0.05) is 12.1 Å². The summed E-state index contributed by atoms with van der Waals surface area (Å²) in [5.74, 6) is -0.777. The van der Waals surface area contributed by atoms with Crippen LogP contribution < -0.4 is 14.2 Å². The van der Waals surface area contributed by atoms with E-state index in [4.69, 9.17) is 9.47 Å². The first-order valence-corrected chi connectivity index (χ1v) is 9.06. The Balaban J connectivity index is 2.63. The molecule has 0 aliphatic rings. The minimum absolute atomic E-state index is 0.0527. The minimum Gasteiger partial charge on any atom is -0.493 e. The molecule has 0 unspecified atom stereocenters. The average Bonchev–Trinajstić information content (AvgIpc) is 2.66. The van der Waals surface area contributed by atoms with Gasteiger partial charge in [-0.3, -0.25) is 4.72 Å². The van der Waals surface area contributed by atoms with Crippen LogP contribution in [-0.4, -0.2) is 35.7 Å². The number of carbonyl (C=O) groups is 1. The van der Waals surface area contributed by atoms with Crippen LogP contribution in [0.4, 0.5) is 18.9 Å². The van der Waals surface area contributed by atoms with Crippen LogP contribution in [0, 0.1) is 0 Å². The molecule has 1 N–H and O–H groups in total. The van der Waals surface area contributed by atoms with Crippen molar-refractivity contribution in [2.45, 2.75) is 11.1 Å². The van der Waals surface area contributed by atoms with E-state index in [-0.39, 0.29) is 22.7 Å². The lowest BCUT2D eigenvalue weighted by atomic mass is 10.1. The standard InChI is InChI=1S/C17H16F3NO6S/c1-25-13-8-10(16(22)27-3)12(9-14(13)26-2)21-28(23,24)15-7-5-4-6-11(15)17(18,19)20/h4-9,21H,1-3H3. The molecule has 28 heavy (non-hydrogen) atoms. The molecule has 0 amide bonds. The van der Waals surface area contributed by atoms with Crippen molar-refractivity contribution in [2.24, 2.45) is 0 Å². The number of hydrogen-bond acceptors (Lipinski definition) is 6. The van der Waals surface area contributed by atoms with Crippen molar-refractivity contribution in [1.82, 2.24) is 0 Å². The van der Waals surface area contributed by atoms with Gasteiger partial charge >= 0.3 is 12.1 Å². The zero-order chi connectivity index (χ0) is 21.1. The molecule has 0 aromatic heterocycles. The largest absolute Gasteiger partial charge is 0.493 e. The number of rotatable bonds is 6. The SMILES string of the molecule is COC(=O)c1cc(OC)c(OC)cc1NS(=O)(=O)c1ccccc1C(F)(F)F. The van der Waals surface area contributed by atoms with Crippen molar-refractivity contribution in [2.75, 3.05) is 26.1 Å². The van der Waals surface area contributed by atoms with Crippen molar-refractivity contribution in [3.8, 4) is 11.5 Å². The van der Waals surface area contributed by atoms with Crippen LogP contribution in [-0.2, 0) is 20.9 Å². The molecule has 152 valence electrons. The van der Waals surface area contributed by atoms with E-state index in [9.17, 15) is 26.4 Å². The summed E-state index contributed by atoms with van der Waals surface area (Å²) >= 11 is 0. The van der Waals surface area contributed by atoms with E-state index in [0.29, 0.717) is 6.07 Å². The van der Waals surface area contributed by atoms with Gasteiger partial charge in [-0.15, -0.1) is 0 Å². The highest BCUT2D eigenvalue weighted by molar-refractivity contribution is 7.92. The summed E-state index contributed by atoms with van der Waals surface area (Å²) < 4.78 is 81.6. The Morgan fingerprint density at radius 3 is 2.11 bits per heavy atom. The molecular weight excluding hydrogens is 403 g/mol. The van der Waals surface area contributed by atoms with E-state index >= 15 is 0 Å². The normalized spacial score (nSPS) is 11.6. The minimum atomic E-state index is -4.89. The van der Waals surface area contributed by atoms with Gasteiger partial charge < -0.3 is 14.2 Å². The maximum atomic E-state index is 13.2. The number of halogens is 3. The molecule has 0 saturated carbocycles. The third kappa shape index (κ3) is 4.30. The number of ether oxygens (including phenoxy) is 3. The Morgan fingerprint density at radius 1 is 1.00 bits per heavy atom. The maximum Gasteiger partial charge on any atom is 0.417 e. The molecule has 0 radical (unpaired) electrons. The maximum absolute atomic E-state index is 13.2. The van der Waals surface area contributed by atoms with Gasteiger partial charge in [0.1, 0.15) is 0 Å². The highest BCUT2D eigenvalue weighted by Gasteiger charge is 2.37. The summed E-state index contributed by atoms with van der Waals surface area (Å²) in [6.45, 7) is 0. The van der Waals surface area contributed by atoms with Gasteiger partial charge in [0.2, 0.25) is 0 Å². The van der Waals surface area contributed by atoms with E-state index in [2.05, 4.69) is 4.74 Å². The lowest BCUT2D eigenvalue weighted by molar-refractivity contribution is -0.139. The summed E-state index contributed by atoms with van der Waals surface area (Å²) in [6, 6.07) is 5.93. The average molecular weight is 419 g/mol. The Morgan fingerprint density at radius 2 is 1.57 bits per heavy atom. The van der Waals surface area contributed by atoms with Crippen LogP contribution in [0.15, 0.2) is 41.3 Å². The van der Waals surface area contributed by atoms with Gasteiger partial charge in [0, 0.05) is 12.1 Å². The molecule has 0 fully saturated rings. The number of methoxy groups -OCH3 is 3. The number of sulfonamides is 1. The molecule has 2 aromatic rings. The van der Waals surface area contributed by atoms with Gasteiger partial charge in [0.15, 0.2) is 11.5 Å². The van der Waals surface area contributed by atoms with Crippen molar-refractivity contribution >= 4 is 21.7 Å². The summed E-state index contributed by atoms with van der Waals surface area (Å²) in [7, 11) is -1.08. The third-order valence-corrected chi connectivity index (χ3v) is 5.08. The molecule has 11 heteroatoms. The number of esters is 1. The van der Waals surface area contributed by atoms with Crippen molar-refractivity contribution in [3.63, 3.8) is 0 Å². The molecule has 0 aliphatic carbocycles. The Kier molecular flexibility index (Phi) is 6.07. The molecule has 0 saturated heterocycles. The van der Waals surface area contributed by atoms with Crippen LogP contribution in [0.25, 0.3) is 0 Å². The molecule has 0 aliphatic heterocycles. The molecule has 0 heterocycles. The van der Waals surface area contributed by atoms with E-state index in [1.807, 2.05) is 4.72 Å². The van der Waals surface area contributed by atoms with Gasteiger partial charge in [0.25, 0.3) is 10.0 Å². The van der Waals surface area contributed by atoms with Gasteiger partial charge in [-0.05, 0) is 12.1 Å². The highest BCUT2D eigenvalue weighted by atomic mass is 32.2. The van der Waals surface area contributed by atoms with Gasteiger partial charge in [-0.2, -0.15) is 13.2 Å². The van der Waals surface area contributed by atoms with Crippen molar-refractivity contribution in [3.05, 3.63) is 47.5 Å². The molecule has 2 aromatic carbocycles. The second-order valence-corrected chi connectivity index (χ2v) is 6.99. The number of hydrogen-bond donors (Lipinski definition) is 1. The predicted molar refractivity (Wildman–Crippen MR) is 93.1 cm³/mol. The number of benzene rings is 2. The van der Waals surface area contributed by atoms with Crippen LogP contribution in [0.1, 0.15) is 15.9 Å². The van der Waals surface area contributed by atoms with Crippen LogP contribution in [0.3, 0.4) is 0 Å². The Hall–Kier alpha value is -2.95. The molecule has 0 atom stereocenters. The van der Waals surface area contributed by atoms with E-state index in [0.717, 1.165) is 37.4 Å². The van der Waals surface area contributed by atoms with Gasteiger partial charge in [-0.25, -0.2) is 13.2 Å². The lowest BCUT2D eigenvalue weighted by Crippen LogP contribution is -2.20. The van der Waals surface area contributed by atoms with Crippen LogP contribution in [0.2, 0.25) is 0 Å². The fraction of sp³-hybridized carbons (Fsp3) is 0.235. The smallest absolute Gasteiger partial charge is 0.417 e. The molecule has 2 rings (SSSR count). The fourth-order valence-corrected chi connectivity index (χ4v) is 3.68. The van der Waals surface area contributed by atoms with E-state index in [1.54, 1.807) is 0 Å². The molecular formula is C17H16F3NO6S. The van der Waals surface area contributed by atoms with Crippen molar-refractivity contribution < 1.29 is 40.6 Å². The Bertz CT molecular complexity index is 989. The lowest BCUT2D eigenvalue weighted by Gasteiger charge is -2.17. The van der Waals surface area contributed by atoms with Crippen molar-refractivity contribution in [1.29, 1.82) is 0 Å². The zero-order valence-corrected chi connectivity index (χ0v) is 15.8. The van der Waals surface area contributed by atoms with Crippen LogP contribution in [0.5, 0.6) is 11.5 Å². The predicted octanol–water partition coefficient (Wildman–Crippen LogP) is 3.31. The van der Waals surface area contributed by atoms with Crippen LogP contribution >= 0.6 is 0 Å². The number of alkyl halides is 3. The summed E-state index contributed by atoms with van der Waals surface area (Å²) in [4.78, 5) is 11.0. The molecule has 0 spiro atoms. The molecule has 0 bridgehead atoms. The monoisotopic (exact) mass is 419 g/mol.